The van der Waals surface area contributed by atoms with E-state index < -0.39 is 0 Å². The number of hydrogen-bond donors (Lipinski definition) is 2. The van der Waals surface area contributed by atoms with Crippen LogP contribution in [0.5, 0.6) is 0 Å². The van der Waals surface area contributed by atoms with E-state index in [1.807, 2.05) is 25.6 Å². The molecule has 0 unspecified atom stereocenters. The highest BCUT2D eigenvalue weighted by atomic mass is 16.3. The van der Waals surface area contributed by atoms with Crippen molar-refractivity contribution in [3.8, 4) is 0 Å². The van der Waals surface area contributed by atoms with E-state index in [4.69, 9.17) is 0 Å². The van der Waals surface area contributed by atoms with Gasteiger partial charge in [0.15, 0.2) is 0 Å². The number of carbonyl (C=O) groups excluding carboxylic acids is 1. The summed E-state index contributed by atoms with van der Waals surface area (Å²) in [4.78, 5) is 12.2. The van der Waals surface area contributed by atoms with Gasteiger partial charge in [-0.05, 0) is 38.7 Å². The van der Waals surface area contributed by atoms with Crippen molar-refractivity contribution in [1.29, 1.82) is 0 Å². The second kappa shape index (κ2) is 6.60. The van der Waals surface area contributed by atoms with Crippen LogP contribution in [0.3, 0.4) is 0 Å². The van der Waals surface area contributed by atoms with Gasteiger partial charge in [0.2, 0.25) is 5.91 Å². The van der Waals surface area contributed by atoms with Crippen molar-refractivity contribution in [2.45, 2.75) is 64.3 Å². The van der Waals surface area contributed by atoms with Gasteiger partial charge < -0.3 is 10.4 Å². The maximum absolute atomic E-state index is 12.2. The fraction of sp³-hybridized carbons (Fsp3) is 0.750. The number of aryl methyl sites for hydroxylation is 2. The topological polar surface area (TPSA) is 67.2 Å². The van der Waals surface area contributed by atoms with Gasteiger partial charge in [0.05, 0.1) is 17.8 Å². The summed E-state index contributed by atoms with van der Waals surface area (Å²) in [5.41, 5.74) is 2.90. The van der Waals surface area contributed by atoms with Gasteiger partial charge in [-0.25, -0.2) is 0 Å². The van der Waals surface area contributed by atoms with Gasteiger partial charge in [0.1, 0.15) is 0 Å². The molecule has 1 aromatic rings. The van der Waals surface area contributed by atoms with Crippen LogP contribution in [0.4, 0.5) is 0 Å². The second-order valence-corrected chi connectivity index (χ2v) is 6.32. The molecule has 1 amide bonds. The van der Waals surface area contributed by atoms with Gasteiger partial charge in [0, 0.05) is 19.2 Å². The minimum absolute atomic E-state index is 0.0357. The van der Waals surface area contributed by atoms with Crippen molar-refractivity contribution in [2.75, 3.05) is 6.61 Å². The first-order chi connectivity index (χ1) is 9.97. The van der Waals surface area contributed by atoms with Gasteiger partial charge in [-0.2, -0.15) is 5.10 Å². The molecule has 118 valence electrons. The molecule has 0 aliphatic heterocycles. The smallest absolute Gasteiger partial charge is 0.220 e. The van der Waals surface area contributed by atoms with E-state index in [-0.39, 0.29) is 18.1 Å². The van der Waals surface area contributed by atoms with Crippen molar-refractivity contribution >= 4 is 5.91 Å². The molecule has 0 radical (unpaired) electrons. The van der Waals surface area contributed by atoms with E-state index in [0.717, 1.165) is 42.6 Å². The second-order valence-electron chi connectivity index (χ2n) is 6.32. The quantitative estimate of drug-likeness (QED) is 0.869. The molecule has 2 N–H and O–H groups in total. The number of aromatic nitrogens is 2. The van der Waals surface area contributed by atoms with E-state index >= 15 is 0 Å². The number of aliphatic hydroxyl groups is 1. The maximum atomic E-state index is 12.2. The monoisotopic (exact) mass is 293 g/mol. The Morgan fingerprint density at radius 2 is 2.00 bits per heavy atom. The molecule has 21 heavy (non-hydrogen) atoms. The van der Waals surface area contributed by atoms with Crippen LogP contribution in [-0.4, -0.2) is 32.9 Å². The predicted octanol–water partition coefficient (Wildman–Crippen LogP) is 1.78. The van der Waals surface area contributed by atoms with Gasteiger partial charge in [-0.3, -0.25) is 9.48 Å². The zero-order chi connectivity index (χ0) is 15.5. The Kier molecular flexibility index (Phi) is 5.04. The molecule has 5 nitrogen and oxygen atoms in total. The first-order valence-corrected chi connectivity index (χ1v) is 7.88. The number of amides is 1. The molecule has 1 aromatic heterocycles. The molecule has 1 saturated carbocycles. The van der Waals surface area contributed by atoms with E-state index in [0.29, 0.717) is 12.8 Å². The first kappa shape index (κ1) is 16.0. The van der Waals surface area contributed by atoms with Gasteiger partial charge in [-0.15, -0.1) is 0 Å². The van der Waals surface area contributed by atoms with Crippen LogP contribution < -0.4 is 5.32 Å². The van der Waals surface area contributed by atoms with Gasteiger partial charge in [0.25, 0.3) is 0 Å². The fourth-order valence-electron chi connectivity index (χ4n) is 3.33. The van der Waals surface area contributed by atoms with Crippen LogP contribution >= 0.6 is 0 Å². The number of aliphatic hydroxyl groups excluding tert-OH is 1. The Balaban J connectivity index is 1.92. The maximum Gasteiger partial charge on any atom is 0.220 e. The number of nitrogens with one attached hydrogen (secondary N) is 1. The minimum Gasteiger partial charge on any atom is -0.394 e. The molecule has 0 aromatic carbocycles. The van der Waals surface area contributed by atoms with Crippen LogP contribution in [-0.2, 0) is 18.3 Å². The van der Waals surface area contributed by atoms with Gasteiger partial charge in [-0.1, -0.05) is 19.3 Å². The van der Waals surface area contributed by atoms with E-state index in [2.05, 4.69) is 10.4 Å². The molecule has 1 aliphatic carbocycles. The Morgan fingerprint density at radius 3 is 2.52 bits per heavy atom. The minimum atomic E-state index is -0.381. The zero-order valence-electron chi connectivity index (χ0n) is 13.4. The van der Waals surface area contributed by atoms with Crippen LogP contribution in [0.25, 0.3) is 0 Å². The molecule has 0 spiro atoms. The SMILES string of the molecule is Cc1nn(C)c(C)c1CCC(=O)NC1(CO)CCCCC1. The highest BCUT2D eigenvalue weighted by molar-refractivity contribution is 5.77. The number of carbonyl (C=O) groups is 1. The average molecular weight is 293 g/mol. The Labute approximate surface area is 126 Å². The lowest BCUT2D eigenvalue weighted by Gasteiger charge is -2.36. The Morgan fingerprint density at radius 1 is 1.33 bits per heavy atom. The van der Waals surface area contributed by atoms with Crippen LogP contribution in [0.2, 0.25) is 0 Å². The molecule has 2 rings (SSSR count). The summed E-state index contributed by atoms with van der Waals surface area (Å²) in [5.74, 6) is 0.0357. The van der Waals surface area contributed by atoms with Crippen LogP contribution in [0.15, 0.2) is 0 Å². The zero-order valence-corrected chi connectivity index (χ0v) is 13.4. The summed E-state index contributed by atoms with van der Waals surface area (Å²) < 4.78 is 1.86. The summed E-state index contributed by atoms with van der Waals surface area (Å²) in [5, 5.41) is 17.1. The molecule has 0 atom stereocenters. The summed E-state index contributed by atoms with van der Waals surface area (Å²) >= 11 is 0. The summed E-state index contributed by atoms with van der Waals surface area (Å²) in [6.07, 6.45) is 6.31. The third kappa shape index (κ3) is 3.64. The lowest BCUT2D eigenvalue weighted by molar-refractivity contribution is -0.124. The average Bonchev–Trinajstić information content (AvgIpc) is 2.71. The number of hydrogen-bond acceptors (Lipinski definition) is 3. The third-order valence-corrected chi connectivity index (χ3v) is 4.78. The molecule has 1 fully saturated rings. The Hall–Kier alpha value is -1.36. The number of rotatable bonds is 5. The van der Waals surface area contributed by atoms with Crippen LogP contribution in [0, 0.1) is 13.8 Å². The van der Waals surface area contributed by atoms with Crippen molar-refractivity contribution < 1.29 is 9.90 Å². The summed E-state index contributed by atoms with van der Waals surface area (Å²) in [7, 11) is 1.93. The number of nitrogens with zero attached hydrogens (tertiary/aromatic N) is 2. The summed E-state index contributed by atoms with van der Waals surface area (Å²) in [6, 6.07) is 0. The first-order valence-electron chi connectivity index (χ1n) is 7.88. The van der Waals surface area contributed by atoms with Gasteiger partial charge >= 0.3 is 0 Å². The molecule has 0 saturated heterocycles. The fourth-order valence-corrected chi connectivity index (χ4v) is 3.33. The van der Waals surface area contributed by atoms with Crippen molar-refractivity contribution in [3.05, 3.63) is 17.0 Å². The molecular weight excluding hydrogens is 266 g/mol. The van der Waals surface area contributed by atoms with Crippen molar-refractivity contribution in [2.24, 2.45) is 7.05 Å². The lowest BCUT2D eigenvalue weighted by atomic mass is 9.82. The van der Waals surface area contributed by atoms with E-state index in [9.17, 15) is 9.90 Å². The third-order valence-electron chi connectivity index (χ3n) is 4.78. The standard InChI is InChI=1S/C16H27N3O2/c1-12-14(13(2)19(3)18-12)7-8-15(21)17-16(11-20)9-5-4-6-10-16/h20H,4-11H2,1-3H3,(H,17,21). The predicted molar refractivity (Wildman–Crippen MR) is 82.0 cm³/mol. The molecular formula is C16H27N3O2. The highest BCUT2D eigenvalue weighted by Gasteiger charge is 2.32. The molecule has 0 bridgehead atoms. The highest BCUT2D eigenvalue weighted by Crippen LogP contribution is 2.28. The van der Waals surface area contributed by atoms with Crippen molar-refractivity contribution in [1.82, 2.24) is 15.1 Å². The molecule has 1 heterocycles. The van der Waals surface area contributed by atoms with Crippen molar-refractivity contribution in [3.63, 3.8) is 0 Å². The Bertz CT molecular complexity index is 502. The normalized spacial score (nSPS) is 17.7. The van der Waals surface area contributed by atoms with Crippen LogP contribution in [0.1, 0.15) is 55.5 Å². The summed E-state index contributed by atoms with van der Waals surface area (Å²) in [6.45, 7) is 4.06. The lowest BCUT2D eigenvalue weighted by Crippen LogP contribution is -2.52. The van der Waals surface area contributed by atoms with E-state index in [1.165, 1.54) is 6.42 Å². The molecule has 1 aliphatic rings. The van der Waals surface area contributed by atoms with E-state index in [1.54, 1.807) is 0 Å². The largest absolute Gasteiger partial charge is 0.394 e. The molecule has 5 heteroatoms.